The summed E-state index contributed by atoms with van der Waals surface area (Å²) < 4.78 is 32.2. The number of carbonyl (C=O) groups is 1. The predicted molar refractivity (Wildman–Crippen MR) is 81.9 cm³/mol. The van der Waals surface area contributed by atoms with Gasteiger partial charge in [-0.05, 0) is 19.9 Å². The van der Waals surface area contributed by atoms with Gasteiger partial charge in [0.25, 0.3) is 0 Å². The van der Waals surface area contributed by atoms with Gasteiger partial charge in [-0.15, -0.1) is 0 Å². The van der Waals surface area contributed by atoms with Crippen molar-refractivity contribution in [3.8, 4) is 0 Å². The molecule has 0 bridgehead atoms. The van der Waals surface area contributed by atoms with Gasteiger partial charge in [-0.2, -0.15) is 0 Å². The van der Waals surface area contributed by atoms with E-state index in [-0.39, 0.29) is 24.2 Å². The van der Waals surface area contributed by atoms with Gasteiger partial charge < -0.3 is 4.74 Å². The zero-order valence-corrected chi connectivity index (χ0v) is 13.5. The third-order valence-corrected chi connectivity index (χ3v) is 4.89. The first-order chi connectivity index (χ1) is 11.0. The molecular formula is C17H22F2N2O2. The van der Waals surface area contributed by atoms with Gasteiger partial charge in [0.2, 0.25) is 0 Å². The van der Waals surface area contributed by atoms with Gasteiger partial charge in [-0.25, -0.2) is 8.78 Å². The molecule has 0 N–H and O–H groups in total. The normalized spacial score (nSPS) is 27.9. The van der Waals surface area contributed by atoms with Crippen LogP contribution in [0.4, 0.5) is 8.78 Å². The molecule has 0 saturated carbocycles. The lowest BCUT2D eigenvalue weighted by molar-refractivity contribution is -0.145. The SMILES string of the molecule is C[C@@H]1C[C@H](N2CCN([C@@H](C)c3ccc(F)cc3F)CC2)C(=O)O1. The van der Waals surface area contributed by atoms with Gasteiger partial charge >= 0.3 is 5.97 Å². The van der Waals surface area contributed by atoms with E-state index in [4.69, 9.17) is 4.74 Å². The molecule has 0 aliphatic carbocycles. The molecule has 1 aromatic carbocycles. The minimum atomic E-state index is -0.558. The second kappa shape index (κ2) is 6.53. The number of halogens is 2. The summed E-state index contributed by atoms with van der Waals surface area (Å²) in [6.07, 6.45) is 0.721. The Kier molecular flexibility index (Phi) is 4.64. The molecule has 0 spiro atoms. The van der Waals surface area contributed by atoms with E-state index in [1.54, 1.807) is 0 Å². The standard InChI is InChI=1S/C17H22F2N2O2/c1-11-9-16(17(22)23-11)21-7-5-20(6-8-21)12(2)14-4-3-13(18)10-15(14)19/h3-4,10-12,16H,5-9H2,1-2H3/t11-,12+,16+/m1/s1. The topological polar surface area (TPSA) is 32.8 Å². The summed E-state index contributed by atoms with van der Waals surface area (Å²) in [5.41, 5.74) is 0.508. The largest absolute Gasteiger partial charge is 0.461 e. The maximum Gasteiger partial charge on any atom is 0.323 e. The maximum absolute atomic E-state index is 13.9. The first-order valence-electron chi connectivity index (χ1n) is 8.09. The van der Waals surface area contributed by atoms with Crippen molar-refractivity contribution in [2.24, 2.45) is 0 Å². The molecule has 2 heterocycles. The fourth-order valence-electron chi connectivity index (χ4n) is 3.51. The highest BCUT2D eigenvalue weighted by atomic mass is 19.1. The number of cyclic esters (lactones) is 1. The molecule has 23 heavy (non-hydrogen) atoms. The molecule has 1 aromatic rings. The van der Waals surface area contributed by atoms with Crippen molar-refractivity contribution in [1.82, 2.24) is 9.80 Å². The smallest absolute Gasteiger partial charge is 0.323 e. The Morgan fingerprint density at radius 3 is 2.48 bits per heavy atom. The highest BCUT2D eigenvalue weighted by Gasteiger charge is 2.38. The summed E-state index contributed by atoms with van der Waals surface area (Å²) in [4.78, 5) is 16.1. The zero-order valence-electron chi connectivity index (χ0n) is 13.5. The number of esters is 1. The summed E-state index contributed by atoms with van der Waals surface area (Å²) in [6, 6.07) is 3.47. The van der Waals surface area contributed by atoms with Gasteiger partial charge in [-0.1, -0.05) is 6.07 Å². The van der Waals surface area contributed by atoms with Gasteiger partial charge in [0, 0.05) is 50.3 Å². The summed E-state index contributed by atoms with van der Waals surface area (Å²) in [5.74, 6) is -1.20. The van der Waals surface area contributed by atoms with E-state index >= 15 is 0 Å². The molecule has 3 rings (SSSR count). The number of rotatable bonds is 3. The molecule has 0 radical (unpaired) electrons. The van der Waals surface area contributed by atoms with Crippen molar-refractivity contribution in [1.29, 1.82) is 0 Å². The Bertz CT molecular complexity index is 588. The Labute approximate surface area is 135 Å². The highest BCUT2D eigenvalue weighted by molar-refractivity contribution is 5.78. The molecule has 126 valence electrons. The van der Waals surface area contributed by atoms with Crippen LogP contribution in [0.5, 0.6) is 0 Å². The molecule has 0 aromatic heterocycles. The first-order valence-corrected chi connectivity index (χ1v) is 8.09. The molecule has 2 saturated heterocycles. The fraction of sp³-hybridized carbons (Fsp3) is 0.588. The lowest BCUT2D eigenvalue weighted by Gasteiger charge is -2.39. The van der Waals surface area contributed by atoms with Crippen molar-refractivity contribution in [2.45, 2.75) is 38.5 Å². The third-order valence-electron chi connectivity index (χ3n) is 4.89. The first kappa shape index (κ1) is 16.3. The molecule has 3 atom stereocenters. The molecule has 4 nitrogen and oxygen atoms in total. The van der Waals surface area contributed by atoms with Gasteiger partial charge in [-0.3, -0.25) is 14.6 Å². The van der Waals surface area contributed by atoms with Crippen molar-refractivity contribution < 1.29 is 18.3 Å². The molecule has 2 fully saturated rings. The van der Waals surface area contributed by atoms with E-state index in [1.165, 1.54) is 12.1 Å². The van der Waals surface area contributed by atoms with Crippen LogP contribution in [0, 0.1) is 11.6 Å². The van der Waals surface area contributed by atoms with E-state index in [1.807, 2.05) is 13.8 Å². The minimum Gasteiger partial charge on any atom is -0.461 e. The molecule has 0 amide bonds. The molecule has 6 heteroatoms. The Hall–Kier alpha value is -1.53. The second-order valence-electron chi connectivity index (χ2n) is 6.41. The van der Waals surface area contributed by atoms with Crippen LogP contribution in [0.1, 0.15) is 31.9 Å². The van der Waals surface area contributed by atoms with Crippen LogP contribution in [0.25, 0.3) is 0 Å². The Morgan fingerprint density at radius 2 is 1.91 bits per heavy atom. The molecule has 2 aliphatic rings. The number of carbonyl (C=O) groups excluding carboxylic acids is 1. The van der Waals surface area contributed by atoms with Gasteiger partial charge in [0.05, 0.1) is 0 Å². The number of ether oxygens (including phenoxy) is 1. The average molecular weight is 324 g/mol. The Morgan fingerprint density at radius 1 is 1.22 bits per heavy atom. The van der Waals surface area contributed by atoms with E-state index in [0.29, 0.717) is 5.56 Å². The van der Waals surface area contributed by atoms with Crippen LogP contribution in [0.3, 0.4) is 0 Å². The molecule has 2 aliphatic heterocycles. The number of benzene rings is 1. The van der Waals surface area contributed by atoms with Crippen LogP contribution in [0.15, 0.2) is 18.2 Å². The fourth-order valence-corrected chi connectivity index (χ4v) is 3.51. The van der Waals surface area contributed by atoms with Crippen LogP contribution in [-0.2, 0) is 9.53 Å². The summed E-state index contributed by atoms with van der Waals surface area (Å²) >= 11 is 0. The summed E-state index contributed by atoms with van der Waals surface area (Å²) in [5, 5.41) is 0. The van der Waals surface area contributed by atoms with Crippen LogP contribution in [0.2, 0.25) is 0 Å². The molecular weight excluding hydrogens is 302 g/mol. The van der Waals surface area contributed by atoms with Crippen LogP contribution in [-0.4, -0.2) is 54.1 Å². The van der Waals surface area contributed by atoms with Crippen LogP contribution < -0.4 is 0 Å². The van der Waals surface area contributed by atoms with Crippen molar-refractivity contribution in [3.63, 3.8) is 0 Å². The Balaban J connectivity index is 1.61. The van der Waals surface area contributed by atoms with Crippen molar-refractivity contribution in [2.75, 3.05) is 26.2 Å². The number of hydrogen-bond acceptors (Lipinski definition) is 4. The van der Waals surface area contributed by atoms with Gasteiger partial charge in [0.1, 0.15) is 23.8 Å². The number of piperazine rings is 1. The van der Waals surface area contributed by atoms with E-state index in [0.717, 1.165) is 38.7 Å². The van der Waals surface area contributed by atoms with Gasteiger partial charge in [0.15, 0.2) is 0 Å². The number of hydrogen-bond donors (Lipinski definition) is 0. The van der Waals surface area contributed by atoms with Crippen molar-refractivity contribution >= 4 is 5.97 Å². The molecule has 0 unspecified atom stereocenters. The highest BCUT2D eigenvalue weighted by Crippen LogP contribution is 2.27. The lowest BCUT2D eigenvalue weighted by Crippen LogP contribution is -2.52. The minimum absolute atomic E-state index is 0.0160. The lowest BCUT2D eigenvalue weighted by atomic mass is 10.0. The summed E-state index contributed by atoms with van der Waals surface area (Å²) in [7, 11) is 0. The van der Waals surface area contributed by atoms with E-state index in [2.05, 4.69) is 9.80 Å². The van der Waals surface area contributed by atoms with E-state index < -0.39 is 11.6 Å². The average Bonchev–Trinajstić information content (AvgIpc) is 2.85. The predicted octanol–water partition coefficient (Wildman–Crippen LogP) is 2.35. The van der Waals surface area contributed by atoms with Crippen molar-refractivity contribution in [3.05, 3.63) is 35.4 Å². The maximum atomic E-state index is 13.9. The zero-order chi connectivity index (χ0) is 16.6. The monoisotopic (exact) mass is 324 g/mol. The number of nitrogens with zero attached hydrogens (tertiary/aromatic N) is 2. The second-order valence-corrected chi connectivity index (χ2v) is 6.41. The third kappa shape index (κ3) is 3.38. The quantitative estimate of drug-likeness (QED) is 0.799. The van der Waals surface area contributed by atoms with Crippen LogP contribution >= 0.6 is 0 Å². The van der Waals surface area contributed by atoms with E-state index in [9.17, 15) is 13.6 Å². The summed E-state index contributed by atoms with van der Waals surface area (Å²) in [6.45, 7) is 6.83.